The van der Waals surface area contributed by atoms with Crippen molar-refractivity contribution >= 4 is 27.5 Å². The van der Waals surface area contributed by atoms with E-state index in [1.54, 1.807) is 6.92 Å². The van der Waals surface area contributed by atoms with Gasteiger partial charge in [0.05, 0.1) is 5.92 Å². The van der Waals surface area contributed by atoms with E-state index in [0.717, 1.165) is 0 Å². The van der Waals surface area contributed by atoms with Gasteiger partial charge in [0.2, 0.25) is 15.9 Å². The Morgan fingerprint density at radius 1 is 1.50 bits per heavy atom. The van der Waals surface area contributed by atoms with Gasteiger partial charge in [0, 0.05) is 18.8 Å². The molecule has 0 spiro atoms. The lowest BCUT2D eigenvalue weighted by atomic mass is 9.95. The molecule has 20 heavy (non-hydrogen) atoms. The first-order chi connectivity index (χ1) is 9.34. The quantitative estimate of drug-likeness (QED) is 0.842. The predicted octanol–water partition coefficient (Wildman–Crippen LogP) is 1.01. The molecule has 110 valence electrons. The fraction of sp³-hybridized carbons (Fsp3) is 0.500. The van der Waals surface area contributed by atoms with Crippen molar-refractivity contribution in [2.75, 3.05) is 6.54 Å². The Balaban J connectivity index is 2.37. The zero-order chi connectivity index (χ0) is 14.9. The summed E-state index contributed by atoms with van der Waals surface area (Å²) in [6.45, 7) is 1.89. The number of amides is 1. The number of pyridine rings is 1. The molecule has 0 saturated carbocycles. The second kappa shape index (κ2) is 5.67. The minimum atomic E-state index is -3.78. The van der Waals surface area contributed by atoms with Gasteiger partial charge in [-0.15, -0.1) is 0 Å². The number of carbonyl (C=O) groups excluding carboxylic acids is 1. The standard InChI is InChI=1S/C12H16ClN3O3S/c1-8-4-5-9(12(14)17)7-16(8)20(18,19)10-3-2-6-15-11(10)13/h2-3,6,8-9H,4-5,7H2,1H3,(H2,14,17). The number of primary amides is 1. The Labute approximate surface area is 123 Å². The molecule has 2 unspecified atom stereocenters. The van der Waals surface area contributed by atoms with Gasteiger partial charge in [0.1, 0.15) is 10.0 Å². The Kier molecular flexibility index (Phi) is 4.31. The van der Waals surface area contributed by atoms with Crippen LogP contribution in [0.4, 0.5) is 0 Å². The fourth-order valence-electron chi connectivity index (χ4n) is 2.33. The van der Waals surface area contributed by atoms with E-state index in [-0.39, 0.29) is 22.6 Å². The van der Waals surface area contributed by atoms with E-state index >= 15 is 0 Å². The van der Waals surface area contributed by atoms with Crippen molar-refractivity contribution in [2.45, 2.75) is 30.7 Å². The normalized spacial score (nSPS) is 24.5. The third kappa shape index (κ3) is 2.79. The van der Waals surface area contributed by atoms with Gasteiger partial charge in [0.25, 0.3) is 0 Å². The van der Waals surface area contributed by atoms with E-state index in [1.807, 2.05) is 0 Å². The Morgan fingerprint density at radius 3 is 2.80 bits per heavy atom. The lowest BCUT2D eigenvalue weighted by Gasteiger charge is -2.35. The number of sulfonamides is 1. The van der Waals surface area contributed by atoms with Gasteiger partial charge in [-0.25, -0.2) is 13.4 Å². The average Bonchev–Trinajstić information content (AvgIpc) is 2.39. The smallest absolute Gasteiger partial charge is 0.246 e. The maximum atomic E-state index is 12.6. The minimum Gasteiger partial charge on any atom is -0.369 e. The van der Waals surface area contributed by atoms with E-state index in [2.05, 4.69) is 4.98 Å². The molecule has 0 aliphatic carbocycles. The number of hydrogen-bond acceptors (Lipinski definition) is 4. The molecular weight excluding hydrogens is 302 g/mol. The zero-order valence-electron chi connectivity index (χ0n) is 11.0. The van der Waals surface area contributed by atoms with Crippen LogP contribution in [-0.4, -0.2) is 36.2 Å². The van der Waals surface area contributed by atoms with Crippen LogP contribution in [0, 0.1) is 5.92 Å². The molecular formula is C12H16ClN3O3S. The van der Waals surface area contributed by atoms with Crippen molar-refractivity contribution in [2.24, 2.45) is 11.7 Å². The fourth-order valence-corrected chi connectivity index (χ4v) is 4.47. The highest BCUT2D eigenvalue weighted by atomic mass is 35.5. The van der Waals surface area contributed by atoms with E-state index in [4.69, 9.17) is 17.3 Å². The third-order valence-electron chi connectivity index (χ3n) is 3.54. The molecule has 1 amide bonds. The molecule has 0 aromatic carbocycles. The molecule has 1 saturated heterocycles. The Morgan fingerprint density at radius 2 is 2.20 bits per heavy atom. The lowest BCUT2D eigenvalue weighted by Crippen LogP contribution is -2.48. The van der Waals surface area contributed by atoms with E-state index in [0.29, 0.717) is 12.8 Å². The molecule has 8 heteroatoms. The molecule has 0 bridgehead atoms. The molecule has 2 N–H and O–H groups in total. The maximum Gasteiger partial charge on any atom is 0.246 e. The first-order valence-electron chi connectivity index (χ1n) is 6.25. The lowest BCUT2D eigenvalue weighted by molar-refractivity contribution is -0.123. The minimum absolute atomic E-state index is 0.0429. The highest BCUT2D eigenvalue weighted by molar-refractivity contribution is 7.89. The van der Waals surface area contributed by atoms with E-state index in [1.165, 1.54) is 22.6 Å². The number of carbonyl (C=O) groups is 1. The number of nitrogens with two attached hydrogens (primary N) is 1. The van der Waals surface area contributed by atoms with Crippen LogP contribution >= 0.6 is 11.6 Å². The van der Waals surface area contributed by atoms with Gasteiger partial charge in [-0.05, 0) is 31.9 Å². The van der Waals surface area contributed by atoms with Gasteiger partial charge in [0.15, 0.2) is 0 Å². The van der Waals surface area contributed by atoms with Crippen LogP contribution in [0.1, 0.15) is 19.8 Å². The number of hydrogen-bond donors (Lipinski definition) is 1. The predicted molar refractivity (Wildman–Crippen MR) is 74.5 cm³/mol. The molecule has 2 heterocycles. The van der Waals surface area contributed by atoms with Crippen molar-refractivity contribution in [1.29, 1.82) is 0 Å². The Bertz CT molecular complexity index is 620. The zero-order valence-corrected chi connectivity index (χ0v) is 12.6. The van der Waals surface area contributed by atoms with Gasteiger partial charge < -0.3 is 5.73 Å². The van der Waals surface area contributed by atoms with E-state index < -0.39 is 21.8 Å². The van der Waals surface area contributed by atoms with Crippen LogP contribution in [0.5, 0.6) is 0 Å². The summed E-state index contributed by atoms with van der Waals surface area (Å²) in [7, 11) is -3.78. The van der Waals surface area contributed by atoms with Crippen molar-refractivity contribution in [1.82, 2.24) is 9.29 Å². The summed E-state index contributed by atoms with van der Waals surface area (Å²) in [6, 6.07) is 2.72. The molecule has 1 aliphatic rings. The average molecular weight is 318 g/mol. The first-order valence-corrected chi connectivity index (χ1v) is 8.07. The van der Waals surface area contributed by atoms with Crippen LogP contribution in [0.3, 0.4) is 0 Å². The van der Waals surface area contributed by atoms with Crippen molar-refractivity contribution in [3.8, 4) is 0 Å². The second-order valence-corrected chi connectivity index (χ2v) is 7.11. The number of aromatic nitrogens is 1. The molecule has 1 aromatic rings. The monoisotopic (exact) mass is 317 g/mol. The third-order valence-corrected chi connectivity index (χ3v) is 5.96. The number of nitrogens with zero attached hydrogens (tertiary/aromatic N) is 2. The molecule has 2 atom stereocenters. The molecule has 1 aliphatic heterocycles. The highest BCUT2D eigenvalue weighted by Gasteiger charge is 2.37. The summed E-state index contributed by atoms with van der Waals surface area (Å²) < 4.78 is 26.6. The molecule has 1 fully saturated rings. The Hall–Kier alpha value is -1.18. The van der Waals surface area contributed by atoms with Crippen LogP contribution in [0.15, 0.2) is 23.2 Å². The number of rotatable bonds is 3. The van der Waals surface area contributed by atoms with E-state index in [9.17, 15) is 13.2 Å². The largest absolute Gasteiger partial charge is 0.369 e. The highest BCUT2D eigenvalue weighted by Crippen LogP contribution is 2.30. The summed E-state index contributed by atoms with van der Waals surface area (Å²) >= 11 is 5.87. The van der Waals surface area contributed by atoms with Gasteiger partial charge in [-0.2, -0.15) is 4.31 Å². The van der Waals surface area contributed by atoms with Crippen LogP contribution in [0.2, 0.25) is 5.15 Å². The van der Waals surface area contributed by atoms with Crippen LogP contribution in [-0.2, 0) is 14.8 Å². The summed E-state index contributed by atoms with van der Waals surface area (Å²) in [6.07, 6.45) is 2.61. The maximum absolute atomic E-state index is 12.6. The van der Waals surface area contributed by atoms with Gasteiger partial charge in [-0.3, -0.25) is 4.79 Å². The summed E-state index contributed by atoms with van der Waals surface area (Å²) in [4.78, 5) is 15.0. The molecule has 1 aromatic heterocycles. The molecule has 0 radical (unpaired) electrons. The van der Waals surface area contributed by atoms with Crippen molar-refractivity contribution in [3.63, 3.8) is 0 Å². The van der Waals surface area contributed by atoms with Gasteiger partial charge >= 0.3 is 0 Å². The molecule has 6 nitrogen and oxygen atoms in total. The van der Waals surface area contributed by atoms with Crippen molar-refractivity contribution < 1.29 is 13.2 Å². The SMILES string of the molecule is CC1CCC(C(N)=O)CN1S(=O)(=O)c1cccnc1Cl. The van der Waals surface area contributed by atoms with Gasteiger partial charge in [-0.1, -0.05) is 11.6 Å². The summed E-state index contributed by atoms with van der Waals surface area (Å²) in [5, 5.41) is -0.0686. The number of halogens is 1. The first kappa shape index (κ1) is 15.2. The van der Waals surface area contributed by atoms with Crippen LogP contribution < -0.4 is 5.73 Å². The topological polar surface area (TPSA) is 93.4 Å². The second-order valence-electron chi connectivity index (χ2n) is 4.89. The summed E-state index contributed by atoms with van der Waals surface area (Å²) in [5.74, 6) is -0.939. The van der Waals surface area contributed by atoms with Crippen LogP contribution in [0.25, 0.3) is 0 Å². The molecule has 2 rings (SSSR count). The summed E-state index contributed by atoms with van der Waals surface area (Å²) in [5.41, 5.74) is 5.29. The number of piperidine rings is 1. The van der Waals surface area contributed by atoms with Crippen molar-refractivity contribution in [3.05, 3.63) is 23.5 Å².